The number of amides is 1. The zero-order valence-corrected chi connectivity index (χ0v) is 19.3. The van der Waals surface area contributed by atoms with Crippen molar-refractivity contribution in [3.63, 3.8) is 0 Å². The number of carbonyl (C=O) groups excluding carboxylic acids is 1. The summed E-state index contributed by atoms with van der Waals surface area (Å²) in [5, 5.41) is 5.28. The van der Waals surface area contributed by atoms with Gasteiger partial charge in [0.15, 0.2) is 0 Å². The van der Waals surface area contributed by atoms with Gasteiger partial charge in [0.25, 0.3) is 5.56 Å². The van der Waals surface area contributed by atoms with E-state index in [0.717, 1.165) is 16.7 Å². The molecule has 2 aromatic heterocycles. The Bertz CT molecular complexity index is 1420. The predicted molar refractivity (Wildman–Crippen MR) is 129 cm³/mol. The molecule has 0 aliphatic heterocycles. The lowest BCUT2D eigenvalue weighted by molar-refractivity contribution is -0.121. The number of benzene rings is 2. The van der Waals surface area contributed by atoms with Crippen LogP contribution in [0.15, 0.2) is 63.5 Å². The molecule has 2 heterocycles. The molecule has 4 aromatic rings. The van der Waals surface area contributed by atoms with Gasteiger partial charge in [-0.05, 0) is 66.6 Å². The predicted octanol–water partition coefficient (Wildman–Crippen LogP) is 3.84. The van der Waals surface area contributed by atoms with Gasteiger partial charge in [0.1, 0.15) is 11.2 Å². The van der Waals surface area contributed by atoms with Gasteiger partial charge in [0, 0.05) is 11.6 Å². The number of aryl methyl sites for hydroxylation is 1. The van der Waals surface area contributed by atoms with Crippen molar-refractivity contribution in [2.75, 3.05) is 6.54 Å². The maximum Gasteiger partial charge on any atom is 0.336 e. The zero-order chi connectivity index (χ0) is 22.8. The van der Waals surface area contributed by atoms with Gasteiger partial charge >= 0.3 is 5.69 Å². The molecule has 0 spiro atoms. The van der Waals surface area contributed by atoms with E-state index in [9.17, 15) is 14.4 Å². The van der Waals surface area contributed by atoms with Crippen LogP contribution >= 0.6 is 22.9 Å². The van der Waals surface area contributed by atoms with E-state index in [1.54, 1.807) is 17.5 Å². The second kappa shape index (κ2) is 9.14. The van der Waals surface area contributed by atoms with E-state index in [4.69, 9.17) is 11.6 Å². The molecule has 0 aliphatic carbocycles. The number of aromatic nitrogens is 2. The van der Waals surface area contributed by atoms with Gasteiger partial charge in [0.05, 0.1) is 11.2 Å². The minimum Gasteiger partial charge on any atom is -0.354 e. The van der Waals surface area contributed by atoms with Crippen molar-refractivity contribution in [2.45, 2.75) is 26.8 Å². The molecule has 6 nitrogen and oxygen atoms in total. The number of fused-ring (bicyclic) bond motifs is 1. The van der Waals surface area contributed by atoms with Gasteiger partial charge in [-0.25, -0.2) is 9.36 Å². The number of nitrogens with zero attached hydrogens (tertiary/aromatic N) is 2. The molecule has 32 heavy (non-hydrogen) atoms. The third kappa shape index (κ3) is 4.26. The number of carbonyl (C=O) groups is 1. The second-order valence-electron chi connectivity index (χ2n) is 7.59. The Morgan fingerprint density at radius 3 is 2.56 bits per heavy atom. The van der Waals surface area contributed by atoms with Crippen LogP contribution in [0.5, 0.6) is 0 Å². The van der Waals surface area contributed by atoms with Crippen LogP contribution in [0.4, 0.5) is 0 Å². The third-order valence-corrected chi connectivity index (χ3v) is 6.67. The highest BCUT2D eigenvalue weighted by Gasteiger charge is 2.18. The summed E-state index contributed by atoms with van der Waals surface area (Å²) in [6, 6.07) is 14.6. The van der Waals surface area contributed by atoms with Crippen LogP contribution in [-0.2, 0) is 17.8 Å². The number of hydrogen-bond acceptors (Lipinski definition) is 4. The molecule has 1 amide bonds. The van der Waals surface area contributed by atoms with Gasteiger partial charge in [-0.1, -0.05) is 35.9 Å². The number of hydrogen-bond donors (Lipinski definition) is 1. The smallest absolute Gasteiger partial charge is 0.336 e. The van der Waals surface area contributed by atoms with E-state index < -0.39 is 5.69 Å². The van der Waals surface area contributed by atoms with Crippen LogP contribution < -0.4 is 16.6 Å². The minimum absolute atomic E-state index is 0.169. The topological polar surface area (TPSA) is 73.1 Å². The van der Waals surface area contributed by atoms with Crippen molar-refractivity contribution in [3.8, 4) is 5.69 Å². The second-order valence-corrected chi connectivity index (χ2v) is 8.94. The molecule has 0 atom stereocenters. The van der Waals surface area contributed by atoms with Crippen LogP contribution in [-0.4, -0.2) is 21.6 Å². The van der Waals surface area contributed by atoms with Crippen LogP contribution in [0.2, 0.25) is 5.02 Å². The van der Waals surface area contributed by atoms with E-state index in [1.165, 1.54) is 20.5 Å². The Balaban J connectivity index is 1.64. The van der Waals surface area contributed by atoms with Crippen LogP contribution in [0.25, 0.3) is 15.9 Å². The Morgan fingerprint density at radius 2 is 1.81 bits per heavy atom. The number of thiophene rings is 1. The summed E-state index contributed by atoms with van der Waals surface area (Å²) in [5.74, 6) is -0.292. The summed E-state index contributed by atoms with van der Waals surface area (Å²) in [6.07, 6.45) is 0.646. The summed E-state index contributed by atoms with van der Waals surface area (Å²) >= 11 is 7.16. The van der Waals surface area contributed by atoms with Crippen molar-refractivity contribution in [1.29, 1.82) is 0 Å². The summed E-state index contributed by atoms with van der Waals surface area (Å²) in [5.41, 5.74) is 2.99. The molecule has 2 aromatic carbocycles. The molecule has 1 N–H and O–H groups in total. The van der Waals surface area contributed by atoms with Crippen LogP contribution in [0.3, 0.4) is 0 Å². The van der Waals surface area contributed by atoms with Crippen molar-refractivity contribution in [2.24, 2.45) is 0 Å². The maximum absolute atomic E-state index is 13.4. The van der Waals surface area contributed by atoms with Gasteiger partial charge in [-0.15, -0.1) is 11.3 Å². The molecule has 0 fully saturated rings. The van der Waals surface area contributed by atoms with Gasteiger partial charge < -0.3 is 5.32 Å². The van der Waals surface area contributed by atoms with E-state index in [2.05, 4.69) is 5.32 Å². The fourth-order valence-corrected chi connectivity index (χ4v) is 4.58. The summed E-state index contributed by atoms with van der Waals surface area (Å²) in [7, 11) is 0. The Hall–Kier alpha value is -3.16. The molecule has 0 aliphatic rings. The van der Waals surface area contributed by atoms with E-state index in [0.29, 0.717) is 33.9 Å². The number of nitrogens with one attached hydrogen (secondary N) is 1. The summed E-state index contributed by atoms with van der Waals surface area (Å²) in [6.45, 7) is 4.07. The average molecular weight is 468 g/mol. The fraction of sp³-hybridized carbons (Fsp3) is 0.208. The highest BCUT2D eigenvalue weighted by molar-refractivity contribution is 7.17. The molecule has 0 unspecified atom stereocenters. The van der Waals surface area contributed by atoms with E-state index >= 15 is 0 Å². The lowest BCUT2D eigenvalue weighted by Gasteiger charge is -2.14. The molecule has 0 saturated carbocycles. The molecule has 0 radical (unpaired) electrons. The normalized spacial score (nSPS) is 11.1. The molecular formula is C24H22ClN3O3S. The van der Waals surface area contributed by atoms with Gasteiger partial charge in [0.2, 0.25) is 5.91 Å². The van der Waals surface area contributed by atoms with Crippen molar-refractivity contribution >= 4 is 39.1 Å². The SMILES string of the molecule is Cc1cccc(-n2c(=O)c3sccc3n(CC(=O)NCCc3ccc(Cl)cc3)c2=O)c1C. The first-order valence-corrected chi connectivity index (χ1v) is 11.4. The van der Waals surface area contributed by atoms with Crippen molar-refractivity contribution in [3.05, 3.63) is 96.5 Å². The average Bonchev–Trinajstić information content (AvgIpc) is 3.26. The number of rotatable bonds is 6. The summed E-state index contributed by atoms with van der Waals surface area (Å²) < 4.78 is 2.98. The van der Waals surface area contributed by atoms with Crippen LogP contribution in [0, 0.1) is 13.8 Å². The van der Waals surface area contributed by atoms with Crippen molar-refractivity contribution in [1.82, 2.24) is 14.5 Å². The Kier molecular flexibility index (Phi) is 6.30. The Labute approximate surface area is 193 Å². The highest BCUT2D eigenvalue weighted by Crippen LogP contribution is 2.19. The first-order valence-electron chi connectivity index (χ1n) is 10.2. The lowest BCUT2D eigenvalue weighted by atomic mass is 10.1. The molecular weight excluding hydrogens is 446 g/mol. The van der Waals surface area contributed by atoms with Gasteiger partial charge in [-0.2, -0.15) is 0 Å². The van der Waals surface area contributed by atoms with E-state index in [1.807, 2.05) is 50.2 Å². The summed E-state index contributed by atoms with van der Waals surface area (Å²) in [4.78, 5) is 39.1. The molecule has 0 bridgehead atoms. The first kappa shape index (κ1) is 22.0. The first-order chi connectivity index (χ1) is 15.4. The van der Waals surface area contributed by atoms with Gasteiger partial charge in [-0.3, -0.25) is 14.2 Å². The van der Waals surface area contributed by atoms with E-state index in [-0.39, 0.29) is 18.0 Å². The van der Waals surface area contributed by atoms with Crippen molar-refractivity contribution < 1.29 is 4.79 Å². The number of halogens is 1. The third-order valence-electron chi connectivity index (χ3n) is 5.52. The molecule has 0 saturated heterocycles. The Morgan fingerprint density at radius 1 is 1.06 bits per heavy atom. The zero-order valence-electron chi connectivity index (χ0n) is 17.7. The standard InChI is InChI=1S/C24H22ClN3O3S/c1-15-4-3-5-19(16(15)2)28-23(30)22-20(11-13-32-22)27(24(28)31)14-21(29)26-12-10-17-6-8-18(25)9-7-17/h3-9,11,13H,10,12,14H2,1-2H3,(H,26,29). The quantitative estimate of drug-likeness (QED) is 0.468. The molecule has 164 valence electrons. The largest absolute Gasteiger partial charge is 0.354 e. The molecule has 8 heteroatoms. The lowest BCUT2D eigenvalue weighted by Crippen LogP contribution is -2.42. The minimum atomic E-state index is -0.526. The molecule has 4 rings (SSSR count). The van der Waals surface area contributed by atoms with Crippen LogP contribution in [0.1, 0.15) is 16.7 Å². The fourth-order valence-electron chi connectivity index (χ4n) is 3.63. The highest BCUT2D eigenvalue weighted by atomic mass is 35.5. The monoisotopic (exact) mass is 467 g/mol. The maximum atomic E-state index is 13.4.